The van der Waals surface area contributed by atoms with Crippen molar-refractivity contribution < 1.29 is 4.79 Å². The van der Waals surface area contributed by atoms with Crippen LogP contribution < -0.4 is 10.6 Å². The van der Waals surface area contributed by atoms with Gasteiger partial charge in [-0.2, -0.15) is 0 Å². The molecule has 0 spiro atoms. The van der Waals surface area contributed by atoms with Gasteiger partial charge in [0.15, 0.2) is 0 Å². The van der Waals surface area contributed by atoms with Gasteiger partial charge in [0.2, 0.25) is 5.91 Å². The summed E-state index contributed by atoms with van der Waals surface area (Å²) in [6.07, 6.45) is 8.05. The highest BCUT2D eigenvalue weighted by molar-refractivity contribution is 5.76. The molecule has 0 aromatic rings. The summed E-state index contributed by atoms with van der Waals surface area (Å²) in [6, 6.07) is 1.70. The van der Waals surface area contributed by atoms with Crippen molar-refractivity contribution in [3.05, 3.63) is 0 Å². The molecule has 2 heterocycles. The summed E-state index contributed by atoms with van der Waals surface area (Å²) in [5.41, 5.74) is 0. The Morgan fingerprint density at radius 3 is 2.47 bits per heavy atom. The molecule has 2 aliphatic rings. The minimum atomic E-state index is 0.266. The average Bonchev–Trinajstić information content (AvgIpc) is 2.68. The van der Waals surface area contributed by atoms with E-state index in [0.717, 1.165) is 12.8 Å². The van der Waals surface area contributed by atoms with Crippen LogP contribution in [0.25, 0.3) is 0 Å². The topological polar surface area (TPSA) is 41.1 Å². The summed E-state index contributed by atoms with van der Waals surface area (Å²) in [6.45, 7) is 6.60. The minimum Gasteiger partial charge on any atom is -0.354 e. The summed E-state index contributed by atoms with van der Waals surface area (Å²) >= 11 is 0. The van der Waals surface area contributed by atoms with E-state index in [9.17, 15) is 4.79 Å². The summed E-state index contributed by atoms with van der Waals surface area (Å²) in [5.74, 6) is 1.57. The molecular formula is C16H30N2O. The zero-order chi connectivity index (χ0) is 13.8. The predicted molar refractivity (Wildman–Crippen MR) is 79.0 cm³/mol. The Labute approximate surface area is 117 Å². The molecule has 2 rings (SSSR count). The number of carbonyl (C=O) groups is 1. The number of hydrogen-bond donors (Lipinski definition) is 2. The molecule has 3 nitrogen and oxygen atoms in total. The van der Waals surface area contributed by atoms with E-state index in [1.54, 1.807) is 0 Å². The van der Waals surface area contributed by atoms with Gasteiger partial charge in [-0.1, -0.05) is 20.3 Å². The van der Waals surface area contributed by atoms with Crippen molar-refractivity contribution in [2.45, 2.75) is 83.8 Å². The van der Waals surface area contributed by atoms with Gasteiger partial charge in [-0.25, -0.2) is 0 Å². The molecule has 2 bridgehead atoms. The van der Waals surface area contributed by atoms with Crippen LogP contribution in [0.15, 0.2) is 0 Å². The largest absolute Gasteiger partial charge is 0.354 e. The number of fused-ring (bicyclic) bond motifs is 2. The predicted octanol–water partition coefficient (Wildman–Crippen LogP) is 2.85. The number of carbonyl (C=O) groups excluding carboxylic acids is 1. The van der Waals surface area contributed by atoms with Crippen molar-refractivity contribution in [1.29, 1.82) is 0 Å². The SMILES string of the molecule is CCC(C)CC(C)NC(=O)CC1CC2CCC(C1)N2. The Balaban J connectivity index is 1.69. The highest BCUT2D eigenvalue weighted by Gasteiger charge is 2.34. The van der Waals surface area contributed by atoms with E-state index in [2.05, 4.69) is 31.4 Å². The summed E-state index contributed by atoms with van der Waals surface area (Å²) in [4.78, 5) is 12.1. The molecule has 0 aliphatic carbocycles. The van der Waals surface area contributed by atoms with Gasteiger partial charge in [0.05, 0.1) is 0 Å². The molecule has 110 valence electrons. The summed E-state index contributed by atoms with van der Waals surface area (Å²) in [7, 11) is 0. The lowest BCUT2D eigenvalue weighted by Crippen LogP contribution is -2.41. The molecule has 2 aliphatic heterocycles. The van der Waals surface area contributed by atoms with E-state index in [1.807, 2.05) is 0 Å². The zero-order valence-electron chi connectivity index (χ0n) is 12.7. The second-order valence-corrected chi connectivity index (χ2v) is 6.90. The first-order chi connectivity index (χ1) is 9.06. The van der Waals surface area contributed by atoms with Gasteiger partial charge < -0.3 is 10.6 Å². The normalized spacial score (nSPS) is 32.9. The Hall–Kier alpha value is -0.570. The van der Waals surface area contributed by atoms with Crippen molar-refractivity contribution in [2.24, 2.45) is 11.8 Å². The average molecular weight is 266 g/mol. The van der Waals surface area contributed by atoms with Gasteiger partial charge in [0.25, 0.3) is 0 Å². The second-order valence-electron chi connectivity index (χ2n) is 6.90. The van der Waals surface area contributed by atoms with Crippen molar-refractivity contribution in [3.63, 3.8) is 0 Å². The Morgan fingerprint density at radius 1 is 1.26 bits per heavy atom. The van der Waals surface area contributed by atoms with E-state index in [0.29, 0.717) is 30.0 Å². The van der Waals surface area contributed by atoms with Gasteiger partial charge in [0.1, 0.15) is 0 Å². The smallest absolute Gasteiger partial charge is 0.220 e. The lowest BCUT2D eigenvalue weighted by Gasteiger charge is -2.29. The second kappa shape index (κ2) is 6.74. The third kappa shape index (κ3) is 4.48. The van der Waals surface area contributed by atoms with Crippen LogP contribution in [0.2, 0.25) is 0 Å². The molecule has 4 unspecified atom stereocenters. The maximum Gasteiger partial charge on any atom is 0.220 e. The third-order valence-electron chi connectivity index (χ3n) is 4.91. The molecule has 2 saturated heterocycles. The van der Waals surface area contributed by atoms with Crippen LogP contribution in [0.4, 0.5) is 0 Å². The van der Waals surface area contributed by atoms with Crippen molar-refractivity contribution in [1.82, 2.24) is 10.6 Å². The van der Waals surface area contributed by atoms with Crippen LogP contribution in [-0.4, -0.2) is 24.0 Å². The van der Waals surface area contributed by atoms with Crippen molar-refractivity contribution in [2.75, 3.05) is 0 Å². The highest BCUT2D eigenvalue weighted by Crippen LogP contribution is 2.32. The maximum atomic E-state index is 12.1. The molecule has 19 heavy (non-hydrogen) atoms. The maximum absolute atomic E-state index is 12.1. The monoisotopic (exact) mass is 266 g/mol. The number of rotatable bonds is 6. The van der Waals surface area contributed by atoms with Crippen LogP contribution in [0.3, 0.4) is 0 Å². The first kappa shape index (κ1) is 14.8. The summed E-state index contributed by atoms with van der Waals surface area (Å²) in [5, 5.41) is 6.82. The molecule has 1 amide bonds. The van der Waals surface area contributed by atoms with Crippen molar-refractivity contribution >= 4 is 5.91 Å². The Bertz CT molecular complexity index is 293. The number of amides is 1. The molecule has 0 aromatic heterocycles. The lowest BCUT2D eigenvalue weighted by molar-refractivity contribution is -0.123. The number of hydrogen-bond acceptors (Lipinski definition) is 2. The fourth-order valence-electron chi connectivity index (χ4n) is 3.77. The first-order valence-corrected chi connectivity index (χ1v) is 8.12. The van der Waals surface area contributed by atoms with E-state index < -0.39 is 0 Å². The van der Waals surface area contributed by atoms with Gasteiger partial charge in [-0.15, -0.1) is 0 Å². The molecule has 2 fully saturated rings. The fraction of sp³-hybridized carbons (Fsp3) is 0.938. The molecule has 3 heteroatoms. The Kier molecular flexibility index (Phi) is 5.26. The van der Waals surface area contributed by atoms with Crippen LogP contribution in [0, 0.1) is 11.8 Å². The third-order valence-corrected chi connectivity index (χ3v) is 4.91. The van der Waals surface area contributed by atoms with Crippen LogP contribution in [0.1, 0.15) is 65.7 Å². The van der Waals surface area contributed by atoms with E-state index in [-0.39, 0.29) is 5.91 Å². The molecule has 0 aromatic carbocycles. The molecule has 2 N–H and O–H groups in total. The van der Waals surface area contributed by atoms with Gasteiger partial charge in [-0.05, 0) is 50.9 Å². The molecular weight excluding hydrogens is 236 g/mol. The van der Waals surface area contributed by atoms with Gasteiger partial charge in [0, 0.05) is 24.5 Å². The quantitative estimate of drug-likeness (QED) is 0.776. The summed E-state index contributed by atoms with van der Waals surface area (Å²) < 4.78 is 0. The van der Waals surface area contributed by atoms with Crippen LogP contribution in [-0.2, 0) is 4.79 Å². The fourth-order valence-corrected chi connectivity index (χ4v) is 3.77. The molecule has 0 saturated carbocycles. The minimum absolute atomic E-state index is 0.266. The highest BCUT2D eigenvalue weighted by atomic mass is 16.1. The number of nitrogens with one attached hydrogen (secondary N) is 2. The van der Waals surface area contributed by atoms with Crippen LogP contribution in [0.5, 0.6) is 0 Å². The van der Waals surface area contributed by atoms with Crippen molar-refractivity contribution in [3.8, 4) is 0 Å². The van der Waals surface area contributed by atoms with E-state index >= 15 is 0 Å². The molecule has 4 atom stereocenters. The first-order valence-electron chi connectivity index (χ1n) is 8.12. The Morgan fingerprint density at radius 2 is 1.89 bits per heavy atom. The molecule has 0 radical (unpaired) electrons. The lowest BCUT2D eigenvalue weighted by atomic mass is 9.89. The van der Waals surface area contributed by atoms with Gasteiger partial charge in [-0.3, -0.25) is 4.79 Å². The van der Waals surface area contributed by atoms with Gasteiger partial charge >= 0.3 is 0 Å². The number of piperidine rings is 1. The van der Waals surface area contributed by atoms with Crippen LogP contribution >= 0.6 is 0 Å². The van der Waals surface area contributed by atoms with E-state index in [1.165, 1.54) is 32.1 Å². The zero-order valence-corrected chi connectivity index (χ0v) is 12.7. The standard InChI is InChI=1S/C16H30N2O/c1-4-11(2)7-12(3)17-16(19)10-13-8-14-5-6-15(9-13)18-14/h11-15,18H,4-10H2,1-3H3,(H,17,19). The van der Waals surface area contributed by atoms with E-state index in [4.69, 9.17) is 0 Å².